The smallest absolute Gasteiger partial charge is 0.110 e. The molecule has 1 aliphatic heterocycles. The van der Waals surface area contributed by atoms with Crippen LogP contribution in [-0.2, 0) is 11.3 Å². The predicted molar refractivity (Wildman–Crippen MR) is 125 cm³/mol. The number of nitriles is 1. The van der Waals surface area contributed by atoms with Crippen molar-refractivity contribution in [2.75, 3.05) is 26.2 Å². The Balaban J connectivity index is 1.28. The number of likely N-dealkylation sites (tertiary alicyclic amines) is 1. The van der Waals surface area contributed by atoms with E-state index in [1.54, 1.807) is 0 Å². The third kappa shape index (κ3) is 7.61. The maximum atomic E-state index is 9.91. The Hall–Kier alpha value is -2.31. The van der Waals surface area contributed by atoms with Gasteiger partial charge in [-0.2, -0.15) is 5.26 Å². The molecule has 1 saturated heterocycles. The molecular weight excluding hydrogens is 420 g/mol. The fourth-order valence-corrected chi connectivity index (χ4v) is 4.07. The first-order valence-corrected chi connectivity index (χ1v) is 11.6. The zero-order valence-electron chi connectivity index (χ0n) is 18.9. The normalized spacial score (nSPS) is 23.7. The topological polar surface area (TPSA) is 117 Å². The Morgan fingerprint density at radius 2 is 1.33 bits per heavy atom. The molecule has 0 aromatic heterocycles. The number of hydrogen-bond acceptors (Lipinski definition) is 7. The van der Waals surface area contributed by atoms with Gasteiger partial charge in [0, 0.05) is 19.7 Å². The van der Waals surface area contributed by atoms with E-state index in [-0.39, 0.29) is 13.1 Å². The molecule has 7 nitrogen and oxygen atoms in total. The molecule has 2 aromatic carbocycles. The van der Waals surface area contributed by atoms with Gasteiger partial charge in [-0.3, -0.25) is 4.90 Å². The highest BCUT2D eigenvalue weighted by Crippen LogP contribution is 2.21. The van der Waals surface area contributed by atoms with Crippen molar-refractivity contribution in [3.63, 3.8) is 0 Å². The average molecular weight is 455 g/mol. The number of β-amino-alcohol motifs (C(OH)–C–C–N with tert-alkyl or cyclic N) is 2. The lowest BCUT2D eigenvalue weighted by Crippen LogP contribution is -2.43. The van der Waals surface area contributed by atoms with Crippen LogP contribution in [0.15, 0.2) is 48.5 Å². The molecule has 1 heterocycles. The highest BCUT2D eigenvalue weighted by Gasteiger charge is 2.35. The number of unbranched alkanes of at least 4 members (excludes halogenated alkanes) is 3. The van der Waals surface area contributed by atoms with Crippen LogP contribution in [0, 0.1) is 11.3 Å². The molecule has 0 aliphatic carbocycles. The van der Waals surface area contributed by atoms with Crippen molar-refractivity contribution in [3.05, 3.63) is 59.7 Å². The fourth-order valence-electron chi connectivity index (χ4n) is 4.07. The first-order chi connectivity index (χ1) is 16.0. The number of benzene rings is 2. The zero-order valence-corrected chi connectivity index (χ0v) is 18.9. The molecule has 0 unspecified atom stereocenters. The minimum Gasteiger partial charge on any atom is -0.389 e. The first-order valence-electron chi connectivity index (χ1n) is 11.6. The predicted octanol–water partition coefficient (Wildman–Crippen LogP) is 2.06. The summed E-state index contributed by atoms with van der Waals surface area (Å²) in [5.41, 5.74) is 3.97. The van der Waals surface area contributed by atoms with Crippen molar-refractivity contribution in [2.45, 2.75) is 56.7 Å². The molecule has 0 bridgehead atoms. The number of aliphatic hydroxyl groups is 4. The van der Waals surface area contributed by atoms with Crippen molar-refractivity contribution in [1.29, 1.82) is 5.26 Å². The number of aliphatic hydroxyl groups excluding tert-OH is 4. The number of nitrogens with zero attached hydrogens (tertiary/aromatic N) is 2. The van der Waals surface area contributed by atoms with Crippen molar-refractivity contribution < 1.29 is 25.2 Å². The number of ether oxygens (including phenoxy) is 1. The standard InChI is InChI=1S/C26H34N2O5/c27-15-19-5-9-21(10-6-19)22-11-7-20(8-12-22)18-33-14-4-2-1-3-13-28-16-23(29)25(31)26(32)24(30)17-28/h5-12,23-26,29-32H,1-4,13-14,16-18H2/t23-,24-,25+,26+/m0/s1. The SMILES string of the molecule is N#Cc1ccc(-c2ccc(COCCCCCCN3C[C@H](O)[C@@H](O)[C@H](O)[C@@H](O)C3)cc2)cc1. The van der Waals surface area contributed by atoms with E-state index in [4.69, 9.17) is 10.00 Å². The van der Waals surface area contributed by atoms with E-state index in [0.29, 0.717) is 25.3 Å². The van der Waals surface area contributed by atoms with E-state index in [1.807, 2.05) is 29.2 Å². The van der Waals surface area contributed by atoms with Gasteiger partial charge < -0.3 is 25.2 Å². The molecule has 4 atom stereocenters. The molecule has 2 aromatic rings. The summed E-state index contributed by atoms with van der Waals surface area (Å²) in [5, 5.41) is 48.2. The van der Waals surface area contributed by atoms with Gasteiger partial charge in [0.15, 0.2) is 0 Å². The lowest BCUT2D eigenvalue weighted by Gasteiger charge is -2.23. The van der Waals surface area contributed by atoms with Gasteiger partial charge in [0.2, 0.25) is 0 Å². The maximum Gasteiger partial charge on any atom is 0.110 e. The highest BCUT2D eigenvalue weighted by atomic mass is 16.5. The van der Waals surface area contributed by atoms with Crippen LogP contribution in [0.25, 0.3) is 11.1 Å². The minimum absolute atomic E-state index is 0.252. The highest BCUT2D eigenvalue weighted by molar-refractivity contribution is 5.64. The molecule has 0 saturated carbocycles. The second-order valence-electron chi connectivity index (χ2n) is 8.73. The molecule has 0 spiro atoms. The molecule has 1 aliphatic rings. The van der Waals surface area contributed by atoms with Gasteiger partial charge in [-0.25, -0.2) is 0 Å². The molecule has 3 rings (SSSR count). The van der Waals surface area contributed by atoms with Crippen LogP contribution in [-0.4, -0.2) is 76.0 Å². The van der Waals surface area contributed by atoms with Gasteiger partial charge >= 0.3 is 0 Å². The number of hydrogen-bond donors (Lipinski definition) is 4. The van der Waals surface area contributed by atoms with Crippen LogP contribution in [0.4, 0.5) is 0 Å². The minimum atomic E-state index is -1.31. The third-order valence-electron chi connectivity index (χ3n) is 6.11. The van der Waals surface area contributed by atoms with Crippen molar-refractivity contribution in [1.82, 2.24) is 4.90 Å². The fraction of sp³-hybridized carbons (Fsp3) is 0.500. The summed E-state index contributed by atoms with van der Waals surface area (Å²) < 4.78 is 5.79. The summed E-state index contributed by atoms with van der Waals surface area (Å²) in [4.78, 5) is 1.90. The van der Waals surface area contributed by atoms with Gasteiger partial charge in [0.1, 0.15) is 12.2 Å². The summed E-state index contributed by atoms with van der Waals surface area (Å²) in [5.74, 6) is 0. The van der Waals surface area contributed by atoms with Crippen LogP contribution in [0.5, 0.6) is 0 Å². The van der Waals surface area contributed by atoms with Gasteiger partial charge in [0.05, 0.1) is 30.4 Å². The number of rotatable bonds is 10. The van der Waals surface area contributed by atoms with E-state index >= 15 is 0 Å². The summed E-state index contributed by atoms with van der Waals surface area (Å²) in [6, 6.07) is 17.9. The molecule has 7 heteroatoms. The summed E-state index contributed by atoms with van der Waals surface area (Å²) in [6.07, 6.45) is -0.803. The molecule has 178 valence electrons. The Kier molecular flexibility index (Phi) is 9.82. The van der Waals surface area contributed by atoms with Crippen molar-refractivity contribution in [2.24, 2.45) is 0 Å². The van der Waals surface area contributed by atoms with Crippen LogP contribution >= 0.6 is 0 Å². The van der Waals surface area contributed by atoms with Gasteiger partial charge in [-0.05, 0) is 48.2 Å². The van der Waals surface area contributed by atoms with Crippen molar-refractivity contribution in [3.8, 4) is 17.2 Å². The van der Waals surface area contributed by atoms with Gasteiger partial charge in [0.25, 0.3) is 0 Å². The van der Waals surface area contributed by atoms with E-state index in [2.05, 4.69) is 30.3 Å². The molecule has 33 heavy (non-hydrogen) atoms. The summed E-state index contributed by atoms with van der Waals surface area (Å²) >= 11 is 0. The lowest BCUT2D eigenvalue weighted by molar-refractivity contribution is -0.0894. The van der Waals surface area contributed by atoms with E-state index < -0.39 is 24.4 Å². The second-order valence-corrected chi connectivity index (χ2v) is 8.73. The lowest BCUT2D eigenvalue weighted by atomic mass is 10.0. The monoisotopic (exact) mass is 454 g/mol. The Bertz CT molecular complexity index is 865. The first kappa shape index (κ1) is 25.3. The van der Waals surface area contributed by atoms with Crippen LogP contribution < -0.4 is 0 Å². The molecule has 4 N–H and O–H groups in total. The van der Waals surface area contributed by atoms with E-state index in [0.717, 1.165) is 42.4 Å². The van der Waals surface area contributed by atoms with Crippen LogP contribution in [0.3, 0.4) is 0 Å². The summed E-state index contributed by atoms with van der Waals surface area (Å²) in [7, 11) is 0. The van der Waals surface area contributed by atoms with Crippen LogP contribution in [0.2, 0.25) is 0 Å². The van der Waals surface area contributed by atoms with E-state index in [1.165, 1.54) is 0 Å². The van der Waals surface area contributed by atoms with Gasteiger partial charge in [-0.1, -0.05) is 49.2 Å². The molecule has 0 radical (unpaired) electrons. The zero-order chi connectivity index (χ0) is 23.6. The third-order valence-corrected chi connectivity index (χ3v) is 6.11. The Morgan fingerprint density at radius 3 is 1.91 bits per heavy atom. The Labute approximate surface area is 195 Å². The van der Waals surface area contributed by atoms with E-state index in [9.17, 15) is 20.4 Å². The second kappa shape index (κ2) is 12.8. The van der Waals surface area contributed by atoms with Gasteiger partial charge in [-0.15, -0.1) is 0 Å². The quantitative estimate of drug-likeness (QED) is 0.406. The molecule has 1 fully saturated rings. The maximum absolute atomic E-state index is 9.91. The Morgan fingerprint density at radius 1 is 0.788 bits per heavy atom. The molecular formula is C26H34N2O5. The van der Waals surface area contributed by atoms with Crippen LogP contribution in [0.1, 0.15) is 36.8 Å². The summed E-state index contributed by atoms with van der Waals surface area (Å²) in [6.45, 7) is 2.48. The largest absolute Gasteiger partial charge is 0.389 e. The molecule has 0 amide bonds. The van der Waals surface area contributed by atoms with Crippen molar-refractivity contribution >= 4 is 0 Å². The average Bonchev–Trinajstić information content (AvgIpc) is 2.93.